The number of hydrogen-bond acceptors (Lipinski definition) is 4. The molecule has 0 aromatic rings. The van der Waals surface area contributed by atoms with Crippen molar-refractivity contribution in [2.75, 3.05) is 13.7 Å². The minimum absolute atomic E-state index is 0.0412. The predicted octanol–water partition coefficient (Wildman–Crippen LogP) is 1.39. The van der Waals surface area contributed by atoms with Crippen LogP contribution in [0.3, 0.4) is 0 Å². The van der Waals surface area contributed by atoms with Gasteiger partial charge in [-0.1, -0.05) is 6.08 Å². The highest BCUT2D eigenvalue weighted by molar-refractivity contribution is 5.98. The summed E-state index contributed by atoms with van der Waals surface area (Å²) >= 11 is 0. The summed E-state index contributed by atoms with van der Waals surface area (Å²) in [5.41, 5.74) is 3.02. The van der Waals surface area contributed by atoms with Crippen molar-refractivity contribution in [3.63, 3.8) is 0 Å². The summed E-state index contributed by atoms with van der Waals surface area (Å²) in [4.78, 5) is 23.8. The molecule has 0 radical (unpaired) electrons. The van der Waals surface area contributed by atoms with Crippen LogP contribution in [0.25, 0.3) is 0 Å². The van der Waals surface area contributed by atoms with Crippen LogP contribution in [-0.4, -0.2) is 25.5 Å². The SMILES string of the molecule is C=CCCC1C2=C(CCNC2=O)N/C1=C(/C)C(=O)OC. The Morgan fingerprint density at radius 3 is 2.95 bits per heavy atom. The molecule has 5 heteroatoms. The topological polar surface area (TPSA) is 67.4 Å². The minimum atomic E-state index is -0.364. The van der Waals surface area contributed by atoms with Gasteiger partial charge in [0.15, 0.2) is 0 Å². The number of nitrogens with one attached hydrogen (secondary N) is 2. The molecule has 0 bridgehead atoms. The molecule has 108 valence electrons. The van der Waals surface area contributed by atoms with Crippen molar-refractivity contribution in [3.05, 3.63) is 35.2 Å². The number of allylic oxidation sites excluding steroid dienone is 2. The first-order chi connectivity index (χ1) is 9.60. The van der Waals surface area contributed by atoms with Gasteiger partial charge in [0.05, 0.1) is 12.7 Å². The molecule has 0 aromatic carbocycles. The van der Waals surface area contributed by atoms with Gasteiger partial charge in [-0.05, 0) is 19.8 Å². The van der Waals surface area contributed by atoms with Crippen LogP contribution >= 0.6 is 0 Å². The molecule has 1 unspecified atom stereocenters. The van der Waals surface area contributed by atoms with E-state index in [9.17, 15) is 9.59 Å². The molecule has 2 N–H and O–H groups in total. The molecule has 0 saturated carbocycles. The van der Waals surface area contributed by atoms with Crippen LogP contribution in [0.15, 0.2) is 35.2 Å². The third-order valence-electron chi connectivity index (χ3n) is 3.77. The molecule has 0 aliphatic carbocycles. The zero-order chi connectivity index (χ0) is 14.7. The zero-order valence-electron chi connectivity index (χ0n) is 11.9. The van der Waals surface area contributed by atoms with E-state index in [1.54, 1.807) is 6.92 Å². The van der Waals surface area contributed by atoms with Gasteiger partial charge in [0.1, 0.15) is 0 Å². The number of carbonyl (C=O) groups is 2. The first-order valence-electron chi connectivity index (χ1n) is 6.78. The highest BCUT2D eigenvalue weighted by atomic mass is 16.5. The van der Waals surface area contributed by atoms with Crippen molar-refractivity contribution in [2.45, 2.75) is 26.2 Å². The number of rotatable bonds is 4. The first-order valence-corrected chi connectivity index (χ1v) is 6.78. The van der Waals surface area contributed by atoms with Crippen molar-refractivity contribution in [3.8, 4) is 0 Å². The predicted molar refractivity (Wildman–Crippen MR) is 75.4 cm³/mol. The lowest BCUT2D eigenvalue weighted by molar-refractivity contribution is -0.136. The summed E-state index contributed by atoms with van der Waals surface area (Å²) in [6.45, 7) is 6.08. The van der Waals surface area contributed by atoms with Crippen molar-refractivity contribution in [1.29, 1.82) is 0 Å². The van der Waals surface area contributed by atoms with Crippen LogP contribution in [0.4, 0.5) is 0 Å². The van der Waals surface area contributed by atoms with E-state index in [1.807, 2.05) is 6.08 Å². The summed E-state index contributed by atoms with van der Waals surface area (Å²) in [6.07, 6.45) is 4.13. The van der Waals surface area contributed by atoms with E-state index in [0.29, 0.717) is 12.1 Å². The van der Waals surface area contributed by atoms with Crippen molar-refractivity contribution in [1.82, 2.24) is 10.6 Å². The maximum atomic E-state index is 12.1. The normalized spacial score (nSPS) is 23.7. The summed E-state index contributed by atoms with van der Waals surface area (Å²) in [5.74, 6) is -0.487. The summed E-state index contributed by atoms with van der Waals surface area (Å²) in [7, 11) is 1.36. The molecule has 2 aliphatic rings. The second-order valence-electron chi connectivity index (χ2n) is 4.97. The van der Waals surface area contributed by atoms with Crippen LogP contribution in [0.5, 0.6) is 0 Å². The van der Waals surface area contributed by atoms with E-state index >= 15 is 0 Å². The maximum Gasteiger partial charge on any atom is 0.335 e. The molecule has 0 saturated heterocycles. The third-order valence-corrected chi connectivity index (χ3v) is 3.77. The highest BCUT2D eigenvalue weighted by Gasteiger charge is 2.37. The van der Waals surface area contributed by atoms with Gasteiger partial charge in [0.2, 0.25) is 5.91 Å². The lowest BCUT2D eigenvalue weighted by Gasteiger charge is -2.18. The number of ether oxygens (including phenoxy) is 1. The zero-order valence-corrected chi connectivity index (χ0v) is 11.9. The molecule has 0 fully saturated rings. The maximum absolute atomic E-state index is 12.1. The van der Waals surface area contributed by atoms with Crippen LogP contribution in [0.1, 0.15) is 26.2 Å². The molecular weight excluding hydrogens is 256 g/mol. The summed E-state index contributed by atoms with van der Waals surface area (Å²) in [6, 6.07) is 0. The fourth-order valence-corrected chi connectivity index (χ4v) is 2.75. The molecule has 2 aliphatic heterocycles. The Morgan fingerprint density at radius 1 is 1.55 bits per heavy atom. The van der Waals surface area contributed by atoms with Gasteiger partial charge in [-0.25, -0.2) is 4.79 Å². The fraction of sp³-hybridized carbons (Fsp3) is 0.467. The fourth-order valence-electron chi connectivity index (χ4n) is 2.75. The van der Waals surface area contributed by atoms with Gasteiger partial charge in [-0.3, -0.25) is 4.79 Å². The summed E-state index contributed by atoms with van der Waals surface area (Å²) in [5, 5.41) is 6.12. The number of esters is 1. The second-order valence-corrected chi connectivity index (χ2v) is 4.97. The van der Waals surface area contributed by atoms with Gasteiger partial charge >= 0.3 is 5.97 Å². The molecule has 5 nitrogen and oxygen atoms in total. The molecule has 1 atom stereocenters. The Bertz CT molecular complexity index is 517. The number of hydrogen-bond donors (Lipinski definition) is 2. The van der Waals surface area contributed by atoms with Gasteiger partial charge < -0.3 is 15.4 Å². The van der Waals surface area contributed by atoms with Crippen molar-refractivity contribution >= 4 is 11.9 Å². The Kier molecular flexibility index (Phi) is 4.27. The van der Waals surface area contributed by atoms with E-state index in [2.05, 4.69) is 17.2 Å². The lowest BCUT2D eigenvalue weighted by Crippen LogP contribution is -2.33. The Labute approximate surface area is 118 Å². The third kappa shape index (κ3) is 2.48. The van der Waals surface area contributed by atoms with E-state index in [1.165, 1.54) is 7.11 Å². The van der Waals surface area contributed by atoms with Gasteiger partial charge in [-0.2, -0.15) is 0 Å². The van der Waals surface area contributed by atoms with Crippen LogP contribution in [0.2, 0.25) is 0 Å². The second kappa shape index (κ2) is 5.94. The van der Waals surface area contributed by atoms with Gasteiger partial charge in [0, 0.05) is 35.9 Å². The first kappa shape index (κ1) is 14.4. The van der Waals surface area contributed by atoms with E-state index in [0.717, 1.165) is 36.2 Å². The Morgan fingerprint density at radius 2 is 2.30 bits per heavy atom. The van der Waals surface area contributed by atoms with Crippen LogP contribution < -0.4 is 10.6 Å². The quantitative estimate of drug-likeness (QED) is 0.462. The van der Waals surface area contributed by atoms with Crippen LogP contribution in [0, 0.1) is 5.92 Å². The molecule has 2 heterocycles. The monoisotopic (exact) mass is 276 g/mol. The smallest absolute Gasteiger partial charge is 0.335 e. The average Bonchev–Trinajstić information content (AvgIpc) is 2.83. The highest BCUT2D eigenvalue weighted by Crippen LogP contribution is 2.37. The van der Waals surface area contributed by atoms with E-state index < -0.39 is 0 Å². The molecule has 1 amide bonds. The minimum Gasteiger partial charge on any atom is -0.466 e. The number of amides is 1. The van der Waals surface area contributed by atoms with Gasteiger partial charge in [0.25, 0.3) is 0 Å². The van der Waals surface area contributed by atoms with Crippen LogP contribution in [-0.2, 0) is 14.3 Å². The van der Waals surface area contributed by atoms with Crippen molar-refractivity contribution in [2.24, 2.45) is 5.92 Å². The number of carbonyl (C=O) groups excluding carboxylic acids is 2. The standard InChI is InChI=1S/C15H20N2O3/c1-4-5-6-10-12-11(7-8-16-14(12)18)17-13(10)9(2)15(19)20-3/h4,10,17H,1,5-8H2,2-3H3,(H,16,18)/b13-9-. The Balaban J connectivity index is 2.38. The summed E-state index contributed by atoms with van der Waals surface area (Å²) < 4.78 is 4.78. The molecule has 20 heavy (non-hydrogen) atoms. The largest absolute Gasteiger partial charge is 0.466 e. The number of methoxy groups -OCH3 is 1. The van der Waals surface area contributed by atoms with E-state index in [-0.39, 0.29) is 17.8 Å². The molecular formula is C15H20N2O3. The lowest BCUT2D eigenvalue weighted by atomic mass is 9.89. The average molecular weight is 276 g/mol. The molecule has 2 rings (SSSR count). The molecule has 0 spiro atoms. The van der Waals surface area contributed by atoms with Crippen molar-refractivity contribution < 1.29 is 14.3 Å². The molecule has 0 aromatic heterocycles. The van der Waals surface area contributed by atoms with Gasteiger partial charge in [-0.15, -0.1) is 6.58 Å². The van der Waals surface area contributed by atoms with E-state index in [4.69, 9.17) is 4.74 Å². The Hall–Kier alpha value is -2.04.